The number of carbonyl (C=O) groups is 2. The van der Waals surface area contributed by atoms with Crippen LogP contribution in [0.4, 0.5) is 16.2 Å². The molecule has 2 atom stereocenters. The van der Waals surface area contributed by atoms with Crippen molar-refractivity contribution in [3.63, 3.8) is 0 Å². The first-order valence-electron chi connectivity index (χ1n) is 6.27. The number of carboxylic acid groups (broad SMARTS) is 1. The largest absolute Gasteiger partial charge is 0.484 e. The van der Waals surface area contributed by atoms with Crippen molar-refractivity contribution in [1.82, 2.24) is 5.32 Å². The van der Waals surface area contributed by atoms with Crippen LogP contribution in [-0.2, 0) is 4.79 Å². The molecule has 2 amide bonds. The number of nitrogens with one attached hydrogen (secondary N) is 3. The van der Waals surface area contributed by atoms with Crippen LogP contribution >= 0.6 is 0 Å². The molecule has 1 aliphatic rings. The van der Waals surface area contributed by atoms with E-state index in [1.165, 1.54) is 6.92 Å². The zero-order valence-corrected chi connectivity index (χ0v) is 11.3. The minimum Gasteiger partial charge on any atom is -0.484 e. The molecule has 1 heterocycles. The number of amides is 2. The van der Waals surface area contributed by atoms with Crippen LogP contribution in [0.3, 0.4) is 0 Å². The second-order valence-electron chi connectivity index (χ2n) is 4.67. The summed E-state index contributed by atoms with van der Waals surface area (Å²) in [4.78, 5) is 21.6. The topological polar surface area (TPSA) is 99.7 Å². The van der Waals surface area contributed by atoms with Crippen LogP contribution in [0.15, 0.2) is 18.2 Å². The van der Waals surface area contributed by atoms with Crippen LogP contribution in [0.25, 0.3) is 0 Å². The number of rotatable bonds is 3. The maximum atomic E-state index is 11.0. The van der Waals surface area contributed by atoms with Gasteiger partial charge in [0.2, 0.25) is 5.91 Å². The lowest BCUT2D eigenvalue weighted by molar-refractivity contribution is -0.120. The molecule has 0 radical (unpaired) electrons. The zero-order chi connectivity index (χ0) is 14.7. The van der Waals surface area contributed by atoms with Gasteiger partial charge in [0.1, 0.15) is 11.9 Å². The van der Waals surface area contributed by atoms with E-state index in [9.17, 15) is 9.59 Å². The van der Waals surface area contributed by atoms with Gasteiger partial charge in [-0.2, -0.15) is 0 Å². The third-order valence-electron chi connectivity index (χ3n) is 2.99. The van der Waals surface area contributed by atoms with Crippen LogP contribution in [0, 0.1) is 0 Å². The fourth-order valence-electron chi connectivity index (χ4n) is 2.08. The standard InChI is InChI=1S/C13H17N3O4/c1-7(15-8(2)17)12-6-14-10-5-9(16-13(18)19)3-4-11(10)20-12/h3-5,7,12,14,16H,6H2,1-2H3,(H,15,17)(H,18,19)/t7-,12-/m1/s1. The SMILES string of the molecule is CC(=O)N[C@H](C)[C@H]1CNc2cc(NC(=O)O)ccc2O1. The van der Waals surface area contributed by atoms with E-state index < -0.39 is 6.09 Å². The molecule has 0 aromatic heterocycles. The van der Waals surface area contributed by atoms with Crippen LogP contribution in [-0.4, -0.2) is 35.8 Å². The number of hydrogen-bond acceptors (Lipinski definition) is 4. The van der Waals surface area contributed by atoms with Gasteiger partial charge in [0.25, 0.3) is 0 Å². The van der Waals surface area contributed by atoms with Gasteiger partial charge in [0, 0.05) is 12.6 Å². The molecule has 1 aromatic carbocycles. The highest BCUT2D eigenvalue weighted by molar-refractivity contribution is 5.84. The molecule has 0 aliphatic carbocycles. The van der Waals surface area contributed by atoms with Crippen LogP contribution in [0.2, 0.25) is 0 Å². The van der Waals surface area contributed by atoms with Crippen LogP contribution in [0.5, 0.6) is 5.75 Å². The first kappa shape index (κ1) is 14.0. The second kappa shape index (κ2) is 5.68. The Morgan fingerprint density at radius 1 is 1.50 bits per heavy atom. The van der Waals surface area contributed by atoms with E-state index in [2.05, 4.69) is 16.0 Å². The maximum Gasteiger partial charge on any atom is 0.409 e. The lowest BCUT2D eigenvalue weighted by atomic mass is 10.1. The molecular weight excluding hydrogens is 262 g/mol. The molecule has 108 valence electrons. The minimum atomic E-state index is -1.11. The summed E-state index contributed by atoms with van der Waals surface area (Å²) < 4.78 is 5.80. The van der Waals surface area contributed by atoms with Crippen molar-refractivity contribution in [2.45, 2.75) is 26.0 Å². The summed E-state index contributed by atoms with van der Waals surface area (Å²) in [5.74, 6) is 0.530. The molecule has 2 rings (SSSR count). The van der Waals surface area contributed by atoms with E-state index in [1.807, 2.05) is 6.92 Å². The van der Waals surface area contributed by atoms with Crippen molar-refractivity contribution in [1.29, 1.82) is 0 Å². The van der Waals surface area contributed by atoms with Crippen molar-refractivity contribution in [2.24, 2.45) is 0 Å². The normalized spacial score (nSPS) is 18.0. The Morgan fingerprint density at radius 2 is 2.25 bits per heavy atom. The molecule has 1 aromatic rings. The van der Waals surface area contributed by atoms with Crippen molar-refractivity contribution in [3.05, 3.63) is 18.2 Å². The van der Waals surface area contributed by atoms with Gasteiger partial charge in [-0.25, -0.2) is 4.79 Å². The highest BCUT2D eigenvalue weighted by Crippen LogP contribution is 2.32. The predicted octanol–water partition coefficient (Wildman–Crippen LogP) is 1.47. The van der Waals surface area contributed by atoms with Crippen LogP contribution in [0.1, 0.15) is 13.8 Å². The average molecular weight is 279 g/mol. The average Bonchev–Trinajstić information content (AvgIpc) is 2.36. The molecule has 0 bridgehead atoms. The van der Waals surface area contributed by atoms with Crippen molar-refractivity contribution >= 4 is 23.4 Å². The Balaban J connectivity index is 2.07. The zero-order valence-electron chi connectivity index (χ0n) is 11.3. The first-order chi connectivity index (χ1) is 9.45. The fourth-order valence-corrected chi connectivity index (χ4v) is 2.08. The summed E-state index contributed by atoms with van der Waals surface area (Å²) >= 11 is 0. The summed E-state index contributed by atoms with van der Waals surface area (Å²) in [6, 6.07) is 4.87. The summed E-state index contributed by atoms with van der Waals surface area (Å²) in [6.07, 6.45) is -1.29. The third-order valence-corrected chi connectivity index (χ3v) is 2.99. The summed E-state index contributed by atoms with van der Waals surface area (Å²) in [6.45, 7) is 3.87. The number of anilines is 2. The number of ether oxygens (including phenoxy) is 1. The van der Waals surface area contributed by atoms with Gasteiger partial charge in [-0.1, -0.05) is 0 Å². The van der Waals surface area contributed by atoms with Gasteiger partial charge in [0.15, 0.2) is 0 Å². The van der Waals surface area contributed by atoms with Gasteiger partial charge in [-0.15, -0.1) is 0 Å². The van der Waals surface area contributed by atoms with Gasteiger partial charge < -0.3 is 20.5 Å². The van der Waals surface area contributed by atoms with E-state index in [-0.39, 0.29) is 18.1 Å². The fraction of sp³-hybridized carbons (Fsp3) is 0.385. The molecule has 0 fully saturated rings. The molecule has 0 saturated carbocycles. The van der Waals surface area contributed by atoms with Crippen LogP contribution < -0.4 is 20.7 Å². The number of fused-ring (bicyclic) bond motifs is 1. The number of benzene rings is 1. The monoisotopic (exact) mass is 279 g/mol. The summed E-state index contributed by atoms with van der Waals surface area (Å²) in [7, 11) is 0. The molecule has 4 N–H and O–H groups in total. The lowest BCUT2D eigenvalue weighted by Gasteiger charge is -2.31. The van der Waals surface area contributed by atoms with E-state index in [4.69, 9.17) is 9.84 Å². The first-order valence-corrected chi connectivity index (χ1v) is 6.27. The Hall–Kier alpha value is -2.44. The quantitative estimate of drug-likeness (QED) is 0.671. The van der Waals surface area contributed by atoms with Gasteiger partial charge >= 0.3 is 6.09 Å². The number of hydrogen-bond donors (Lipinski definition) is 4. The number of carbonyl (C=O) groups excluding carboxylic acids is 1. The molecule has 0 saturated heterocycles. The molecular formula is C13H17N3O4. The maximum absolute atomic E-state index is 11.0. The van der Waals surface area contributed by atoms with Crippen molar-refractivity contribution in [2.75, 3.05) is 17.2 Å². The molecule has 0 unspecified atom stereocenters. The predicted molar refractivity (Wildman–Crippen MR) is 74.3 cm³/mol. The highest BCUT2D eigenvalue weighted by atomic mass is 16.5. The van der Waals surface area contributed by atoms with Gasteiger partial charge in [-0.05, 0) is 25.1 Å². The minimum absolute atomic E-state index is 0.104. The molecule has 0 spiro atoms. The molecule has 1 aliphatic heterocycles. The van der Waals surface area contributed by atoms with Crippen molar-refractivity contribution in [3.8, 4) is 5.75 Å². The summed E-state index contributed by atoms with van der Waals surface area (Å²) in [5, 5.41) is 16.9. The van der Waals surface area contributed by atoms with E-state index >= 15 is 0 Å². The second-order valence-corrected chi connectivity index (χ2v) is 4.67. The highest BCUT2D eigenvalue weighted by Gasteiger charge is 2.25. The van der Waals surface area contributed by atoms with E-state index in [1.54, 1.807) is 18.2 Å². The summed E-state index contributed by atoms with van der Waals surface area (Å²) in [5.41, 5.74) is 1.20. The molecule has 7 nitrogen and oxygen atoms in total. The van der Waals surface area contributed by atoms with E-state index in [0.29, 0.717) is 18.0 Å². The Kier molecular flexibility index (Phi) is 3.97. The Morgan fingerprint density at radius 3 is 2.90 bits per heavy atom. The van der Waals surface area contributed by atoms with Crippen molar-refractivity contribution < 1.29 is 19.4 Å². The molecule has 7 heteroatoms. The third kappa shape index (κ3) is 3.31. The van der Waals surface area contributed by atoms with Gasteiger partial charge in [-0.3, -0.25) is 10.1 Å². The van der Waals surface area contributed by atoms with Gasteiger partial charge in [0.05, 0.1) is 18.3 Å². The van der Waals surface area contributed by atoms with E-state index in [0.717, 1.165) is 5.69 Å². The Labute approximate surface area is 116 Å². The Bertz CT molecular complexity index is 532. The molecule has 20 heavy (non-hydrogen) atoms. The lowest BCUT2D eigenvalue weighted by Crippen LogP contribution is -2.48. The smallest absolute Gasteiger partial charge is 0.409 e.